The van der Waals surface area contributed by atoms with Gasteiger partial charge in [0.15, 0.2) is 0 Å². The molecule has 0 radical (unpaired) electrons. The number of halogens is 1. The Morgan fingerprint density at radius 3 is 2.65 bits per heavy atom. The molecule has 4 rings (SSSR count). The summed E-state index contributed by atoms with van der Waals surface area (Å²) in [6.07, 6.45) is 2.23. The Hall–Kier alpha value is -2.00. The van der Waals surface area contributed by atoms with Crippen molar-refractivity contribution in [2.45, 2.75) is 31.8 Å². The molecule has 2 aromatic rings. The number of anilines is 2. The number of para-hydroxylation sites is 2. The second kappa shape index (κ2) is 5.57. The molecule has 1 fully saturated rings. The molecule has 1 heterocycles. The minimum Gasteiger partial charge on any atom is -0.371 e. The highest BCUT2D eigenvalue weighted by molar-refractivity contribution is 6.30. The van der Waals surface area contributed by atoms with Gasteiger partial charge in [0, 0.05) is 5.02 Å². The number of rotatable bonds is 2. The molecular weight excluding hydrogens is 306 g/mol. The number of fused-ring (bicyclic) bond motifs is 1. The van der Waals surface area contributed by atoms with Crippen LogP contribution in [0.2, 0.25) is 5.02 Å². The second-order valence-electron chi connectivity index (χ2n) is 6.69. The maximum absolute atomic E-state index is 6.07. The molecule has 2 aromatic carbocycles. The Balaban J connectivity index is 1.64. The second-order valence-corrected chi connectivity index (χ2v) is 7.12. The molecule has 118 valence electrons. The van der Waals surface area contributed by atoms with Crippen molar-refractivity contribution in [3.63, 3.8) is 0 Å². The van der Waals surface area contributed by atoms with Gasteiger partial charge in [0.25, 0.3) is 0 Å². The van der Waals surface area contributed by atoms with Crippen LogP contribution in [0.15, 0.2) is 53.5 Å². The lowest BCUT2D eigenvalue weighted by molar-refractivity contribution is 0.253. The SMILES string of the molecule is CC1CC2(C1)Nc1ccccc1NC2=NCc1cccc(Cl)c1. The summed E-state index contributed by atoms with van der Waals surface area (Å²) >= 11 is 6.07. The monoisotopic (exact) mass is 325 g/mol. The van der Waals surface area contributed by atoms with Gasteiger partial charge in [0.2, 0.25) is 0 Å². The van der Waals surface area contributed by atoms with Crippen LogP contribution in [0, 0.1) is 5.92 Å². The average Bonchev–Trinajstić information content (AvgIpc) is 2.51. The molecule has 3 nitrogen and oxygen atoms in total. The number of benzene rings is 2. The van der Waals surface area contributed by atoms with Crippen molar-refractivity contribution in [1.29, 1.82) is 0 Å². The first-order valence-corrected chi connectivity index (χ1v) is 8.46. The largest absolute Gasteiger partial charge is 0.371 e. The molecular formula is C19H20ClN3. The number of amidine groups is 1. The van der Waals surface area contributed by atoms with E-state index in [1.54, 1.807) is 0 Å². The van der Waals surface area contributed by atoms with Crippen LogP contribution in [-0.4, -0.2) is 11.4 Å². The topological polar surface area (TPSA) is 36.4 Å². The minimum absolute atomic E-state index is 0.0354. The van der Waals surface area contributed by atoms with Crippen molar-refractivity contribution >= 4 is 28.8 Å². The van der Waals surface area contributed by atoms with Gasteiger partial charge < -0.3 is 10.6 Å². The van der Waals surface area contributed by atoms with E-state index in [0.29, 0.717) is 6.54 Å². The fourth-order valence-corrected chi connectivity index (χ4v) is 3.90. The molecule has 0 atom stereocenters. The van der Waals surface area contributed by atoms with Crippen molar-refractivity contribution in [1.82, 2.24) is 0 Å². The van der Waals surface area contributed by atoms with Gasteiger partial charge in [-0.15, -0.1) is 0 Å². The quantitative estimate of drug-likeness (QED) is 0.820. The van der Waals surface area contributed by atoms with Gasteiger partial charge in [-0.05, 0) is 48.6 Å². The van der Waals surface area contributed by atoms with E-state index in [9.17, 15) is 0 Å². The first-order valence-electron chi connectivity index (χ1n) is 8.08. The van der Waals surface area contributed by atoms with E-state index in [1.807, 2.05) is 24.3 Å². The molecule has 1 aliphatic heterocycles. The van der Waals surface area contributed by atoms with Crippen LogP contribution in [0.4, 0.5) is 11.4 Å². The minimum atomic E-state index is -0.0354. The predicted octanol–water partition coefficient (Wildman–Crippen LogP) is 4.94. The summed E-state index contributed by atoms with van der Waals surface area (Å²) in [4.78, 5) is 4.89. The van der Waals surface area contributed by atoms with Crippen molar-refractivity contribution in [3.8, 4) is 0 Å². The molecule has 0 unspecified atom stereocenters. The molecule has 0 bridgehead atoms. The van der Waals surface area contributed by atoms with Crippen LogP contribution in [0.3, 0.4) is 0 Å². The van der Waals surface area contributed by atoms with Gasteiger partial charge >= 0.3 is 0 Å². The summed E-state index contributed by atoms with van der Waals surface area (Å²) in [7, 11) is 0. The highest BCUT2D eigenvalue weighted by Crippen LogP contribution is 2.45. The summed E-state index contributed by atoms with van der Waals surface area (Å²) in [5, 5.41) is 8.03. The number of nitrogens with zero attached hydrogens (tertiary/aromatic N) is 1. The number of nitrogens with one attached hydrogen (secondary N) is 2. The smallest absolute Gasteiger partial charge is 0.127 e. The lowest BCUT2D eigenvalue weighted by Gasteiger charge is -2.51. The highest BCUT2D eigenvalue weighted by Gasteiger charge is 2.48. The third kappa shape index (κ3) is 2.70. The lowest BCUT2D eigenvalue weighted by Crippen LogP contribution is -2.60. The molecule has 1 aliphatic carbocycles. The summed E-state index contributed by atoms with van der Waals surface area (Å²) in [6, 6.07) is 16.2. The lowest BCUT2D eigenvalue weighted by atomic mass is 9.67. The third-order valence-electron chi connectivity index (χ3n) is 4.71. The molecule has 23 heavy (non-hydrogen) atoms. The van der Waals surface area contributed by atoms with E-state index >= 15 is 0 Å². The van der Waals surface area contributed by atoms with Crippen molar-refractivity contribution in [2.75, 3.05) is 10.6 Å². The zero-order valence-electron chi connectivity index (χ0n) is 13.1. The summed E-state index contributed by atoms with van der Waals surface area (Å²) in [5.74, 6) is 1.78. The van der Waals surface area contributed by atoms with Crippen LogP contribution in [-0.2, 0) is 6.54 Å². The van der Waals surface area contributed by atoms with Crippen LogP contribution < -0.4 is 10.6 Å². The standard InChI is InChI=1S/C19H20ClN3/c1-13-10-19(11-13)18(21-12-14-5-4-6-15(20)9-14)22-16-7-2-3-8-17(16)23-19/h2-9,13,23H,10-12H2,1H3,(H,21,22). The van der Waals surface area contributed by atoms with E-state index in [0.717, 1.165) is 40.9 Å². The summed E-state index contributed by atoms with van der Waals surface area (Å²) in [6.45, 7) is 2.94. The Morgan fingerprint density at radius 1 is 1.13 bits per heavy atom. The first-order chi connectivity index (χ1) is 11.1. The molecule has 0 saturated heterocycles. The van der Waals surface area contributed by atoms with Crippen LogP contribution in [0.25, 0.3) is 0 Å². The fourth-order valence-electron chi connectivity index (χ4n) is 3.69. The number of hydrogen-bond acceptors (Lipinski definition) is 2. The molecule has 2 aliphatic rings. The molecule has 4 heteroatoms. The average molecular weight is 326 g/mol. The van der Waals surface area contributed by atoms with E-state index in [-0.39, 0.29) is 5.54 Å². The predicted molar refractivity (Wildman–Crippen MR) is 97.4 cm³/mol. The molecule has 1 saturated carbocycles. The number of hydrogen-bond donors (Lipinski definition) is 2. The van der Waals surface area contributed by atoms with E-state index in [4.69, 9.17) is 16.6 Å². The fraction of sp³-hybridized carbons (Fsp3) is 0.316. The highest BCUT2D eigenvalue weighted by atomic mass is 35.5. The van der Waals surface area contributed by atoms with Gasteiger partial charge in [-0.1, -0.05) is 42.8 Å². The maximum atomic E-state index is 6.07. The van der Waals surface area contributed by atoms with Crippen LogP contribution >= 0.6 is 11.6 Å². The first kappa shape index (κ1) is 14.6. The van der Waals surface area contributed by atoms with Gasteiger partial charge in [-0.25, -0.2) is 0 Å². The summed E-state index contributed by atoms with van der Waals surface area (Å²) < 4.78 is 0. The Kier molecular flexibility index (Phi) is 3.53. The van der Waals surface area contributed by atoms with Crippen LogP contribution in [0.5, 0.6) is 0 Å². The molecule has 0 amide bonds. The van der Waals surface area contributed by atoms with Gasteiger partial charge in [-0.3, -0.25) is 4.99 Å². The van der Waals surface area contributed by atoms with Gasteiger partial charge in [0.05, 0.1) is 23.5 Å². The van der Waals surface area contributed by atoms with E-state index < -0.39 is 0 Å². The molecule has 1 spiro atoms. The van der Waals surface area contributed by atoms with Crippen molar-refractivity contribution < 1.29 is 0 Å². The molecule has 2 N–H and O–H groups in total. The summed E-state index contributed by atoms with van der Waals surface area (Å²) in [5.41, 5.74) is 3.36. The van der Waals surface area contributed by atoms with E-state index in [1.165, 1.54) is 5.69 Å². The molecule has 0 aromatic heterocycles. The number of aliphatic imine (C=N–C) groups is 1. The Labute approximate surface area is 141 Å². The van der Waals surface area contributed by atoms with Crippen molar-refractivity contribution in [2.24, 2.45) is 10.9 Å². The van der Waals surface area contributed by atoms with E-state index in [2.05, 4.69) is 41.8 Å². The zero-order chi connectivity index (χ0) is 15.9. The Bertz CT molecular complexity index is 763. The third-order valence-corrected chi connectivity index (χ3v) is 4.95. The van der Waals surface area contributed by atoms with Gasteiger partial charge in [0.1, 0.15) is 5.84 Å². The van der Waals surface area contributed by atoms with Gasteiger partial charge in [-0.2, -0.15) is 0 Å². The zero-order valence-corrected chi connectivity index (χ0v) is 13.9. The maximum Gasteiger partial charge on any atom is 0.127 e. The van der Waals surface area contributed by atoms with Crippen LogP contribution in [0.1, 0.15) is 25.3 Å². The van der Waals surface area contributed by atoms with Crippen molar-refractivity contribution in [3.05, 3.63) is 59.1 Å². The Morgan fingerprint density at radius 2 is 1.91 bits per heavy atom. The normalized spacial score (nSPS) is 27.0.